The van der Waals surface area contributed by atoms with Gasteiger partial charge in [0.05, 0.1) is 0 Å². The third-order valence-corrected chi connectivity index (χ3v) is 3.07. The van der Waals surface area contributed by atoms with Crippen molar-refractivity contribution in [2.24, 2.45) is 5.92 Å². The zero-order valence-corrected chi connectivity index (χ0v) is 9.17. The molecule has 0 bridgehead atoms. The summed E-state index contributed by atoms with van der Waals surface area (Å²) >= 11 is 9.54. The maximum Gasteiger partial charge on any atom is 0.327 e. The number of aliphatic carboxylic acids is 1. The molecule has 4 nitrogen and oxygen atoms in total. The minimum atomic E-state index is -1.01. The van der Waals surface area contributed by atoms with Crippen molar-refractivity contribution in [2.45, 2.75) is 12.5 Å². The van der Waals surface area contributed by atoms with E-state index in [4.69, 9.17) is 16.7 Å². The molecule has 80 valence electrons. The van der Waals surface area contributed by atoms with Crippen molar-refractivity contribution in [3.8, 4) is 0 Å². The summed E-state index contributed by atoms with van der Waals surface area (Å²) in [6, 6.07) is -0.820. The van der Waals surface area contributed by atoms with E-state index >= 15 is 0 Å². The summed E-state index contributed by atoms with van der Waals surface area (Å²) in [5, 5.41) is 8.83. The summed E-state index contributed by atoms with van der Waals surface area (Å²) < 4.78 is 0. The second-order valence-electron chi connectivity index (χ2n) is 3.31. The van der Waals surface area contributed by atoms with Crippen LogP contribution in [0.1, 0.15) is 6.42 Å². The number of thiol groups is 1. The van der Waals surface area contributed by atoms with E-state index in [0.717, 1.165) is 0 Å². The van der Waals surface area contributed by atoms with Gasteiger partial charge in [-0.1, -0.05) is 0 Å². The van der Waals surface area contributed by atoms with Gasteiger partial charge in [-0.3, -0.25) is 4.79 Å². The van der Waals surface area contributed by atoms with Gasteiger partial charge in [0, 0.05) is 24.6 Å². The lowest BCUT2D eigenvalue weighted by molar-refractivity contribution is -0.147. The van der Waals surface area contributed by atoms with E-state index in [9.17, 15) is 9.59 Å². The number of amides is 1. The number of carboxylic acids is 1. The normalized spacial score (nSPS) is 24.0. The molecule has 0 saturated carbocycles. The van der Waals surface area contributed by atoms with Gasteiger partial charge in [0.15, 0.2) is 0 Å². The maximum atomic E-state index is 11.4. The number of nitrogens with zero attached hydrogens (tertiary/aromatic N) is 1. The van der Waals surface area contributed by atoms with Crippen LogP contribution >= 0.6 is 24.2 Å². The van der Waals surface area contributed by atoms with E-state index in [-0.39, 0.29) is 17.6 Å². The molecule has 1 N–H and O–H groups in total. The van der Waals surface area contributed by atoms with Gasteiger partial charge in [0.25, 0.3) is 0 Å². The molecule has 14 heavy (non-hydrogen) atoms. The number of hydrogen-bond acceptors (Lipinski definition) is 3. The third kappa shape index (κ3) is 2.33. The zero-order valence-electron chi connectivity index (χ0n) is 7.52. The van der Waals surface area contributed by atoms with Crippen LogP contribution in [0, 0.1) is 5.92 Å². The van der Waals surface area contributed by atoms with Crippen LogP contribution in [0.15, 0.2) is 0 Å². The fourth-order valence-electron chi connectivity index (χ4n) is 1.52. The lowest BCUT2D eigenvalue weighted by Crippen LogP contribution is -2.43. The number of likely N-dealkylation sites (tertiary alicyclic amines) is 1. The number of halogens is 1. The quantitative estimate of drug-likeness (QED) is 0.552. The predicted molar refractivity (Wildman–Crippen MR) is 55.8 cm³/mol. The Morgan fingerprint density at radius 3 is 2.79 bits per heavy atom. The van der Waals surface area contributed by atoms with Gasteiger partial charge in [0.2, 0.25) is 5.91 Å². The third-order valence-electron chi connectivity index (χ3n) is 2.29. The average Bonchev–Trinajstić information content (AvgIpc) is 2.48. The number of hydrogen-bond donors (Lipinski definition) is 2. The van der Waals surface area contributed by atoms with Gasteiger partial charge in [-0.05, 0) is 5.92 Å². The molecule has 0 aromatic heterocycles. The fraction of sp³-hybridized carbons (Fsp3) is 0.750. The van der Waals surface area contributed by atoms with Gasteiger partial charge in [-0.2, -0.15) is 12.6 Å². The number of alkyl halides is 1. The minimum Gasteiger partial charge on any atom is -0.480 e. The van der Waals surface area contributed by atoms with E-state index in [1.54, 1.807) is 0 Å². The molecule has 1 saturated heterocycles. The minimum absolute atomic E-state index is 0.0749. The first kappa shape index (κ1) is 11.7. The van der Waals surface area contributed by atoms with Crippen LogP contribution < -0.4 is 0 Å². The Bertz CT molecular complexity index is 249. The van der Waals surface area contributed by atoms with Crippen molar-refractivity contribution in [1.29, 1.82) is 0 Å². The monoisotopic (exact) mass is 237 g/mol. The second-order valence-corrected chi connectivity index (χ2v) is 3.98. The molecule has 1 unspecified atom stereocenters. The van der Waals surface area contributed by atoms with E-state index in [2.05, 4.69) is 12.6 Å². The number of carbonyl (C=O) groups is 2. The van der Waals surface area contributed by atoms with Crippen LogP contribution in [0.2, 0.25) is 0 Å². The number of rotatable bonds is 4. The van der Waals surface area contributed by atoms with Crippen molar-refractivity contribution < 1.29 is 14.7 Å². The summed E-state index contributed by atoms with van der Waals surface area (Å²) in [5.41, 5.74) is 0. The van der Waals surface area contributed by atoms with E-state index < -0.39 is 12.0 Å². The van der Waals surface area contributed by atoms with Gasteiger partial charge >= 0.3 is 5.97 Å². The Balaban J connectivity index is 2.68. The van der Waals surface area contributed by atoms with Crippen molar-refractivity contribution >= 4 is 36.1 Å². The van der Waals surface area contributed by atoms with E-state index in [1.807, 2.05) is 0 Å². The summed E-state index contributed by atoms with van der Waals surface area (Å²) in [6.45, 7) is 0.430. The Hall–Kier alpha value is -0.420. The highest BCUT2D eigenvalue weighted by molar-refractivity contribution is 7.80. The summed E-state index contributed by atoms with van der Waals surface area (Å²) in [6.07, 6.45) is 0.348. The molecule has 1 rings (SSSR count). The molecule has 1 aliphatic heterocycles. The second kappa shape index (κ2) is 4.89. The SMILES string of the molecule is O=C(O)[C@H](CS)N1CC(CCl)CC1=O. The zero-order chi connectivity index (χ0) is 10.7. The lowest BCUT2D eigenvalue weighted by atomic mass is 10.1. The molecule has 1 heterocycles. The first-order chi connectivity index (χ1) is 6.60. The molecule has 0 aromatic rings. The molecule has 0 radical (unpaired) electrons. The van der Waals surface area contributed by atoms with Crippen molar-refractivity contribution in [1.82, 2.24) is 4.90 Å². The van der Waals surface area contributed by atoms with Crippen molar-refractivity contribution in [3.63, 3.8) is 0 Å². The Labute approximate surface area is 92.6 Å². The number of carboxylic acid groups (broad SMARTS) is 1. The highest BCUT2D eigenvalue weighted by Crippen LogP contribution is 2.21. The summed E-state index contributed by atoms with van der Waals surface area (Å²) in [5.74, 6) is -0.552. The topological polar surface area (TPSA) is 57.6 Å². The highest BCUT2D eigenvalue weighted by atomic mass is 35.5. The fourth-order valence-corrected chi connectivity index (χ4v) is 2.08. The van der Waals surface area contributed by atoms with Crippen LogP contribution in [-0.2, 0) is 9.59 Å². The van der Waals surface area contributed by atoms with Crippen molar-refractivity contribution in [2.75, 3.05) is 18.2 Å². The molecule has 1 aliphatic rings. The maximum absolute atomic E-state index is 11.4. The molecule has 2 atom stereocenters. The van der Waals surface area contributed by atoms with Crippen LogP contribution in [0.5, 0.6) is 0 Å². The van der Waals surface area contributed by atoms with E-state index in [0.29, 0.717) is 18.8 Å². The van der Waals surface area contributed by atoms with Crippen LogP contribution in [0.4, 0.5) is 0 Å². The Morgan fingerprint density at radius 2 is 2.43 bits per heavy atom. The largest absolute Gasteiger partial charge is 0.480 e. The lowest BCUT2D eigenvalue weighted by Gasteiger charge is -2.22. The smallest absolute Gasteiger partial charge is 0.327 e. The molecule has 1 amide bonds. The molecule has 0 aliphatic carbocycles. The Morgan fingerprint density at radius 1 is 1.79 bits per heavy atom. The summed E-state index contributed by atoms with van der Waals surface area (Å²) in [7, 11) is 0. The molecular formula is C8H12ClNO3S. The Kier molecular flexibility index (Phi) is 4.07. The van der Waals surface area contributed by atoms with Crippen LogP contribution in [0.25, 0.3) is 0 Å². The summed E-state index contributed by atoms with van der Waals surface area (Å²) in [4.78, 5) is 23.6. The van der Waals surface area contributed by atoms with Crippen LogP contribution in [-0.4, -0.2) is 46.1 Å². The molecule has 1 fully saturated rings. The standard InChI is InChI=1S/C8H12ClNO3S/c9-2-5-1-7(11)10(3-5)6(4-14)8(12)13/h5-6,14H,1-4H2,(H,12,13)/t5?,6-/m0/s1. The van der Waals surface area contributed by atoms with Gasteiger partial charge in [0.1, 0.15) is 6.04 Å². The highest BCUT2D eigenvalue weighted by Gasteiger charge is 2.36. The first-order valence-electron chi connectivity index (χ1n) is 4.29. The van der Waals surface area contributed by atoms with Gasteiger partial charge in [-0.25, -0.2) is 4.79 Å². The van der Waals surface area contributed by atoms with Gasteiger partial charge in [-0.15, -0.1) is 11.6 Å². The molecular weight excluding hydrogens is 226 g/mol. The first-order valence-corrected chi connectivity index (χ1v) is 5.46. The molecule has 0 aromatic carbocycles. The molecule has 0 spiro atoms. The van der Waals surface area contributed by atoms with Gasteiger partial charge < -0.3 is 10.0 Å². The van der Waals surface area contributed by atoms with Crippen LogP contribution in [0.3, 0.4) is 0 Å². The van der Waals surface area contributed by atoms with E-state index in [1.165, 1.54) is 4.90 Å². The van der Waals surface area contributed by atoms with Crippen molar-refractivity contribution in [3.05, 3.63) is 0 Å². The number of carbonyl (C=O) groups excluding carboxylic acids is 1. The average molecular weight is 238 g/mol. The molecule has 6 heteroatoms. The predicted octanol–water partition coefficient (Wildman–Crippen LogP) is 0.457.